The SMILES string of the molecule is Cc1nn(-c2ccccc2)c(C)c1N1CCN(CC(=O)Nc2nc3ccccc3s2)CC1. The van der Waals surface area contributed by atoms with Gasteiger partial charge in [0.1, 0.15) is 0 Å². The van der Waals surface area contributed by atoms with Crippen molar-refractivity contribution in [3.63, 3.8) is 0 Å². The molecule has 0 saturated carbocycles. The normalized spacial score (nSPS) is 14.8. The van der Waals surface area contributed by atoms with Crippen LogP contribution in [0.2, 0.25) is 0 Å². The van der Waals surface area contributed by atoms with Gasteiger partial charge in [-0.3, -0.25) is 9.69 Å². The number of benzene rings is 2. The van der Waals surface area contributed by atoms with Crippen molar-refractivity contribution < 1.29 is 4.79 Å². The van der Waals surface area contributed by atoms with Gasteiger partial charge in [-0.15, -0.1) is 0 Å². The summed E-state index contributed by atoms with van der Waals surface area (Å²) in [4.78, 5) is 21.6. The molecule has 2 aromatic heterocycles. The molecule has 0 radical (unpaired) electrons. The Hall–Kier alpha value is -3.23. The van der Waals surface area contributed by atoms with Gasteiger partial charge < -0.3 is 10.2 Å². The molecular weight excluding hydrogens is 420 g/mol. The second-order valence-corrected chi connectivity index (χ2v) is 9.10. The number of carbonyl (C=O) groups is 1. The molecule has 2 aromatic carbocycles. The molecule has 32 heavy (non-hydrogen) atoms. The lowest BCUT2D eigenvalue weighted by atomic mass is 10.2. The van der Waals surface area contributed by atoms with Crippen LogP contribution in [0.25, 0.3) is 15.9 Å². The average Bonchev–Trinajstić information content (AvgIpc) is 3.34. The number of thiazole rings is 1. The van der Waals surface area contributed by atoms with Crippen molar-refractivity contribution in [1.82, 2.24) is 19.7 Å². The molecule has 0 atom stereocenters. The van der Waals surface area contributed by atoms with Gasteiger partial charge in [0.2, 0.25) is 5.91 Å². The largest absolute Gasteiger partial charge is 0.366 e. The summed E-state index contributed by atoms with van der Waals surface area (Å²) in [6, 6.07) is 18.2. The van der Waals surface area contributed by atoms with Gasteiger partial charge >= 0.3 is 0 Å². The fraction of sp³-hybridized carbons (Fsp3) is 0.292. The summed E-state index contributed by atoms with van der Waals surface area (Å²) < 4.78 is 3.10. The van der Waals surface area contributed by atoms with Crippen molar-refractivity contribution in [3.8, 4) is 5.69 Å². The summed E-state index contributed by atoms with van der Waals surface area (Å²) in [6.45, 7) is 7.99. The van der Waals surface area contributed by atoms with Crippen molar-refractivity contribution in [2.75, 3.05) is 42.9 Å². The molecule has 1 fully saturated rings. The molecule has 7 nitrogen and oxygen atoms in total. The fourth-order valence-electron chi connectivity index (χ4n) is 4.33. The van der Waals surface area contributed by atoms with Gasteiger partial charge in [-0.1, -0.05) is 41.7 Å². The molecule has 0 bridgehead atoms. The summed E-state index contributed by atoms with van der Waals surface area (Å²) in [5.74, 6) is -0.0123. The monoisotopic (exact) mass is 446 g/mol. The Kier molecular flexibility index (Phi) is 5.63. The smallest absolute Gasteiger partial charge is 0.240 e. The first-order valence-corrected chi connectivity index (χ1v) is 11.6. The highest BCUT2D eigenvalue weighted by Gasteiger charge is 2.24. The summed E-state index contributed by atoms with van der Waals surface area (Å²) in [5, 5.41) is 8.40. The van der Waals surface area contributed by atoms with Crippen LogP contribution in [-0.2, 0) is 4.79 Å². The highest BCUT2D eigenvalue weighted by molar-refractivity contribution is 7.22. The number of hydrogen-bond acceptors (Lipinski definition) is 6. The van der Waals surface area contributed by atoms with E-state index in [4.69, 9.17) is 5.10 Å². The van der Waals surface area contributed by atoms with Crippen LogP contribution >= 0.6 is 11.3 Å². The Labute approximate surface area is 191 Å². The number of para-hydroxylation sites is 2. The third-order valence-corrected chi connectivity index (χ3v) is 6.80. The summed E-state index contributed by atoms with van der Waals surface area (Å²) >= 11 is 1.51. The van der Waals surface area contributed by atoms with E-state index in [1.807, 2.05) is 47.1 Å². The van der Waals surface area contributed by atoms with E-state index in [9.17, 15) is 4.79 Å². The van der Waals surface area contributed by atoms with E-state index < -0.39 is 0 Å². The minimum atomic E-state index is -0.0123. The molecule has 1 amide bonds. The predicted molar refractivity (Wildman–Crippen MR) is 130 cm³/mol. The van der Waals surface area contributed by atoms with Crippen molar-refractivity contribution in [2.45, 2.75) is 13.8 Å². The van der Waals surface area contributed by atoms with Gasteiger partial charge in [0.15, 0.2) is 5.13 Å². The van der Waals surface area contributed by atoms with E-state index in [0.717, 1.165) is 53.5 Å². The standard InChI is InChI=1S/C24H26N6OS/c1-17-23(18(2)30(27-17)19-8-4-3-5-9-19)29-14-12-28(13-15-29)16-22(31)26-24-25-20-10-6-7-11-21(20)32-24/h3-11H,12-16H2,1-2H3,(H,25,26,31). The van der Waals surface area contributed by atoms with E-state index in [-0.39, 0.29) is 5.91 Å². The van der Waals surface area contributed by atoms with Crippen molar-refractivity contribution in [1.29, 1.82) is 0 Å². The number of carbonyl (C=O) groups excluding carboxylic acids is 1. The van der Waals surface area contributed by atoms with E-state index >= 15 is 0 Å². The maximum atomic E-state index is 12.6. The molecule has 1 saturated heterocycles. The Bertz CT molecular complexity index is 1210. The van der Waals surface area contributed by atoms with Crippen LogP contribution in [0.15, 0.2) is 54.6 Å². The second-order valence-electron chi connectivity index (χ2n) is 8.06. The predicted octanol–water partition coefficient (Wildman–Crippen LogP) is 3.86. The van der Waals surface area contributed by atoms with E-state index in [0.29, 0.717) is 11.7 Å². The molecule has 4 aromatic rings. The van der Waals surface area contributed by atoms with Gasteiger partial charge in [-0.2, -0.15) is 5.10 Å². The third kappa shape index (κ3) is 4.11. The number of amides is 1. The maximum Gasteiger partial charge on any atom is 0.240 e. The van der Waals surface area contributed by atoms with Crippen LogP contribution in [0, 0.1) is 13.8 Å². The number of rotatable bonds is 5. The topological polar surface area (TPSA) is 66.3 Å². The highest BCUT2D eigenvalue weighted by Crippen LogP contribution is 2.28. The van der Waals surface area contributed by atoms with Crippen molar-refractivity contribution >= 4 is 38.3 Å². The number of fused-ring (bicyclic) bond motifs is 1. The molecule has 0 unspecified atom stereocenters. The van der Waals surface area contributed by atoms with Crippen LogP contribution in [-0.4, -0.2) is 58.3 Å². The highest BCUT2D eigenvalue weighted by atomic mass is 32.1. The Balaban J connectivity index is 1.20. The molecule has 0 aliphatic carbocycles. The molecule has 5 rings (SSSR count). The number of hydrogen-bond donors (Lipinski definition) is 1. The molecule has 0 spiro atoms. The van der Waals surface area contributed by atoms with Crippen LogP contribution in [0.5, 0.6) is 0 Å². The van der Waals surface area contributed by atoms with Crippen LogP contribution < -0.4 is 10.2 Å². The minimum absolute atomic E-state index is 0.0123. The lowest BCUT2D eigenvalue weighted by molar-refractivity contribution is -0.117. The Morgan fingerprint density at radius 1 is 1.00 bits per heavy atom. The Morgan fingerprint density at radius 2 is 1.72 bits per heavy atom. The van der Waals surface area contributed by atoms with E-state index in [2.05, 4.69) is 46.1 Å². The maximum absolute atomic E-state index is 12.6. The Morgan fingerprint density at radius 3 is 2.47 bits per heavy atom. The first-order chi connectivity index (χ1) is 15.6. The van der Waals surface area contributed by atoms with Crippen molar-refractivity contribution in [3.05, 3.63) is 66.0 Å². The number of piperazine rings is 1. The van der Waals surface area contributed by atoms with Crippen LogP contribution in [0.4, 0.5) is 10.8 Å². The molecule has 3 heterocycles. The number of aromatic nitrogens is 3. The van der Waals surface area contributed by atoms with E-state index in [1.54, 1.807) is 0 Å². The van der Waals surface area contributed by atoms with Crippen molar-refractivity contribution in [2.24, 2.45) is 0 Å². The molecule has 8 heteroatoms. The van der Waals surface area contributed by atoms with Crippen LogP contribution in [0.1, 0.15) is 11.4 Å². The molecule has 1 aliphatic rings. The van der Waals surface area contributed by atoms with Gasteiger partial charge in [0.25, 0.3) is 0 Å². The number of aryl methyl sites for hydroxylation is 1. The molecule has 1 aliphatic heterocycles. The third-order valence-electron chi connectivity index (χ3n) is 5.85. The summed E-state index contributed by atoms with van der Waals surface area (Å²) in [5.41, 5.74) is 5.38. The second kappa shape index (κ2) is 8.72. The van der Waals surface area contributed by atoms with Gasteiger partial charge in [-0.05, 0) is 38.1 Å². The lowest BCUT2D eigenvalue weighted by Crippen LogP contribution is -2.49. The zero-order valence-corrected chi connectivity index (χ0v) is 19.1. The van der Waals surface area contributed by atoms with Gasteiger partial charge in [0.05, 0.1) is 39.5 Å². The molecular formula is C24H26N6OS. The molecule has 164 valence electrons. The van der Waals surface area contributed by atoms with Crippen LogP contribution in [0.3, 0.4) is 0 Å². The van der Waals surface area contributed by atoms with Gasteiger partial charge in [0, 0.05) is 26.2 Å². The number of nitrogens with one attached hydrogen (secondary N) is 1. The first kappa shape index (κ1) is 20.7. The average molecular weight is 447 g/mol. The van der Waals surface area contributed by atoms with E-state index in [1.165, 1.54) is 17.0 Å². The minimum Gasteiger partial charge on any atom is -0.366 e. The lowest BCUT2D eigenvalue weighted by Gasteiger charge is -2.35. The number of anilines is 2. The molecule has 1 N–H and O–H groups in total. The zero-order valence-electron chi connectivity index (χ0n) is 18.3. The summed E-state index contributed by atoms with van der Waals surface area (Å²) in [7, 11) is 0. The fourth-order valence-corrected chi connectivity index (χ4v) is 5.21. The van der Waals surface area contributed by atoms with Gasteiger partial charge in [-0.25, -0.2) is 9.67 Å². The summed E-state index contributed by atoms with van der Waals surface area (Å²) in [6.07, 6.45) is 0. The zero-order chi connectivity index (χ0) is 22.1. The quantitative estimate of drug-likeness (QED) is 0.504. The number of nitrogens with zero attached hydrogens (tertiary/aromatic N) is 5. The first-order valence-electron chi connectivity index (χ1n) is 10.8.